The number of aliphatic hydroxyl groups excluding tert-OH is 1. The van der Waals surface area contributed by atoms with Crippen molar-refractivity contribution in [1.29, 1.82) is 0 Å². The van der Waals surface area contributed by atoms with Gasteiger partial charge in [0.1, 0.15) is 6.29 Å². The Balaban J connectivity index is 1.79. The summed E-state index contributed by atoms with van der Waals surface area (Å²) in [6, 6.07) is 0. The predicted octanol–water partition coefficient (Wildman–Crippen LogP) is 1.84. The minimum Gasteiger partial charge on any atom is -0.393 e. The van der Waals surface area contributed by atoms with Crippen molar-refractivity contribution < 1.29 is 9.90 Å². The Labute approximate surface area is 104 Å². The average molecular weight is 239 g/mol. The standard InChI is InChI=1S/C14H25NO2/c1-15(9-12-7-13(17)8-12)10-14(11-16)5-3-2-4-6-14/h11-13,17H,2-10H2,1H3. The first-order chi connectivity index (χ1) is 8.13. The Hall–Kier alpha value is -0.410. The summed E-state index contributed by atoms with van der Waals surface area (Å²) in [4.78, 5) is 13.7. The van der Waals surface area contributed by atoms with E-state index >= 15 is 0 Å². The van der Waals surface area contributed by atoms with Crippen molar-refractivity contribution in [3.63, 3.8) is 0 Å². The molecule has 0 radical (unpaired) electrons. The van der Waals surface area contributed by atoms with Crippen molar-refractivity contribution >= 4 is 6.29 Å². The van der Waals surface area contributed by atoms with Crippen LogP contribution in [0.5, 0.6) is 0 Å². The number of rotatable bonds is 5. The van der Waals surface area contributed by atoms with E-state index < -0.39 is 0 Å². The first kappa shape index (κ1) is 13.0. The van der Waals surface area contributed by atoms with E-state index in [1.165, 1.54) is 25.5 Å². The molecule has 3 nitrogen and oxygen atoms in total. The summed E-state index contributed by atoms with van der Waals surface area (Å²) in [7, 11) is 2.12. The van der Waals surface area contributed by atoms with Crippen molar-refractivity contribution in [2.45, 2.75) is 51.0 Å². The topological polar surface area (TPSA) is 40.5 Å². The van der Waals surface area contributed by atoms with Crippen LogP contribution in [0.4, 0.5) is 0 Å². The molecule has 2 aliphatic rings. The Kier molecular flexibility index (Phi) is 4.21. The van der Waals surface area contributed by atoms with Gasteiger partial charge in [-0.1, -0.05) is 19.3 Å². The molecule has 1 N–H and O–H groups in total. The smallest absolute Gasteiger partial charge is 0.127 e. The zero-order valence-corrected chi connectivity index (χ0v) is 10.9. The molecule has 0 saturated heterocycles. The molecule has 2 rings (SSSR count). The summed E-state index contributed by atoms with van der Waals surface area (Å²) in [5.74, 6) is 0.641. The number of aldehydes is 1. The second kappa shape index (κ2) is 5.49. The molecule has 0 bridgehead atoms. The van der Waals surface area contributed by atoms with Crippen LogP contribution >= 0.6 is 0 Å². The zero-order valence-electron chi connectivity index (χ0n) is 10.9. The lowest BCUT2D eigenvalue weighted by atomic mass is 9.74. The lowest BCUT2D eigenvalue weighted by Crippen LogP contribution is -2.43. The molecule has 98 valence electrons. The second-order valence-corrected chi connectivity index (χ2v) is 6.23. The van der Waals surface area contributed by atoms with Gasteiger partial charge in [0.05, 0.1) is 6.10 Å². The van der Waals surface area contributed by atoms with E-state index in [1.807, 2.05) is 0 Å². The highest BCUT2D eigenvalue weighted by Crippen LogP contribution is 2.36. The summed E-state index contributed by atoms with van der Waals surface area (Å²) in [5, 5.41) is 9.27. The molecule has 3 heteroatoms. The molecule has 2 fully saturated rings. The Morgan fingerprint density at radius 3 is 2.47 bits per heavy atom. The van der Waals surface area contributed by atoms with Crippen molar-refractivity contribution in [2.24, 2.45) is 11.3 Å². The highest BCUT2D eigenvalue weighted by atomic mass is 16.3. The number of carbonyl (C=O) groups excluding carboxylic acids is 1. The van der Waals surface area contributed by atoms with E-state index in [0.717, 1.165) is 38.8 Å². The molecule has 0 spiro atoms. The van der Waals surface area contributed by atoms with Crippen molar-refractivity contribution in [1.82, 2.24) is 4.90 Å². The lowest BCUT2D eigenvalue weighted by Gasteiger charge is -2.39. The number of hydrogen-bond donors (Lipinski definition) is 1. The fourth-order valence-electron chi connectivity index (χ4n) is 3.46. The molecule has 0 atom stereocenters. The summed E-state index contributed by atoms with van der Waals surface area (Å²) in [6.07, 6.45) is 8.85. The summed E-state index contributed by atoms with van der Waals surface area (Å²) in [5.41, 5.74) is -0.0740. The molecule has 0 unspecified atom stereocenters. The molecule has 0 aromatic heterocycles. The summed E-state index contributed by atoms with van der Waals surface area (Å²) in [6.45, 7) is 1.94. The van der Waals surface area contributed by atoms with Gasteiger partial charge in [-0.25, -0.2) is 0 Å². The molecule has 0 amide bonds. The maximum Gasteiger partial charge on any atom is 0.127 e. The molecule has 0 aromatic rings. The van der Waals surface area contributed by atoms with Gasteiger partial charge in [0.2, 0.25) is 0 Å². The molecule has 0 aromatic carbocycles. The van der Waals surface area contributed by atoms with Gasteiger partial charge in [0, 0.05) is 18.5 Å². The Morgan fingerprint density at radius 2 is 1.94 bits per heavy atom. The predicted molar refractivity (Wildman–Crippen MR) is 67.8 cm³/mol. The molecular weight excluding hydrogens is 214 g/mol. The van der Waals surface area contributed by atoms with Crippen LogP contribution in [0.25, 0.3) is 0 Å². The number of carbonyl (C=O) groups is 1. The molecule has 2 aliphatic carbocycles. The van der Waals surface area contributed by atoms with E-state index in [2.05, 4.69) is 11.9 Å². The van der Waals surface area contributed by atoms with Gasteiger partial charge in [-0.05, 0) is 38.6 Å². The third-order valence-electron chi connectivity index (χ3n) is 4.46. The Morgan fingerprint density at radius 1 is 1.29 bits per heavy atom. The van der Waals surface area contributed by atoms with E-state index in [0.29, 0.717) is 5.92 Å². The van der Waals surface area contributed by atoms with Crippen molar-refractivity contribution in [3.8, 4) is 0 Å². The van der Waals surface area contributed by atoms with Crippen LogP contribution < -0.4 is 0 Å². The van der Waals surface area contributed by atoms with E-state index in [1.54, 1.807) is 0 Å². The van der Waals surface area contributed by atoms with E-state index in [4.69, 9.17) is 0 Å². The maximum absolute atomic E-state index is 11.4. The number of hydrogen-bond acceptors (Lipinski definition) is 3. The van der Waals surface area contributed by atoms with Gasteiger partial charge in [-0.15, -0.1) is 0 Å². The highest BCUT2D eigenvalue weighted by molar-refractivity contribution is 5.60. The Bertz CT molecular complexity index is 255. The summed E-state index contributed by atoms with van der Waals surface area (Å²) >= 11 is 0. The quantitative estimate of drug-likeness (QED) is 0.744. The lowest BCUT2D eigenvalue weighted by molar-refractivity contribution is -0.119. The van der Waals surface area contributed by atoms with Gasteiger partial charge < -0.3 is 14.8 Å². The largest absolute Gasteiger partial charge is 0.393 e. The van der Waals surface area contributed by atoms with E-state index in [9.17, 15) is 9.90 Å². The van der Waals surface area contributed by atoms with Crippen LogP contribution in [0.15, 0.2) is 0 Å². The van der Waals surface area contributed by atoms with Gasteiger partial charge in [0.25, 0.3) is 0 Å². The van der Waals surface area contributed by atoms with E-state index in [-0.39, 0.29) is 11.5 Å². The van der Waals surface area contributed by atoms with Crippen LogP contribution in [0.2, 0.25) is 0 Å². The van der Waals surface area contributed by atoms with Crippen LogP contribution in [0.3, 0.4) is 0 Å². The van der Waals surface area contributed by atoms with Gasteiger partial charge in [-0.3, -0.25) is 0 Å². The fourth-order valence-corrected chi connectivity index (χ4v) is 3.46. The molecule has 2 saturated carbocycles. The van der Waals surface area contributed by atoms with Crippen LogP contribution in [0, 0.1) is 11.3 Å². The maximum atomic E-state index is 11.4. The average Bonchev–Trinajstić information content (AvgIpc) is 2.28. The van der Waals surface area contributed by atoms with Crippen LogP contribution in [-0.2, 0) is 4.79 Å². The van der Waals surface area contributed by atoms with Crippen LogP contribution in [-0.4, -0.2) is 42.5 Å². The first-order valence-electron chi connectivity index (χ1n) is 6.96. The van der Waals surface area contributed by atoms with Crippen molar-refractivity contribution in [2.75, 3.05) is 20.1 Å². The minimum atomic E-state index is -0.0740. The highest BCUT2D eigenvalue weighted by Gasteiger charge is 2.34. The molecular formula is C14H25NO2. The van der Waals surface area contributed by atoms with Gasteiger partial charge in [0.15, 0.2) is 0 Å². The van der Waals surface area contributed by atoms with Gasteiger partial charge >= 0.3 is 0 Å². The van der Waals surface area contributed by atoms with Gasteiger partial charge in [-0.2, -0.15) is 0 Å². The molecule has 0 heterocycles. The second-order valence-electron chi connectivity index (χ2n) is 6.23. The SMILES string of the molecule is CN(CC1CC(O)C1)CC1(C=O)CCCCC1. The zero-order chi connectivity index (χ0) is 12.3. The first-order valence-corrected chi connectivity index (χ1v) is 6.96. The molecule has 0 aliphatic heterocycles. The minimum absolute atomic E-state index is 0.0666. The number of nitrogens with zero attached hydrogens (tertiary/aromatic N) is 1. The van der Waals surface area contributed by atoms with Crippen molar-refractivity contribution in [3.05, 3.63) is 0 Å². The fraction of sp³-hybridized carbons (Fsp3) is 0.929. The monoisotopic (exact) mass is 239 g/mol. The third kappa shape index (κ3) is 3.29. The normalized spacial score (nSPS) is 32.2. The van der Waals surface area contributed by atoms with Crippen LogP contribution in [0.1, 0.15) is 44.9 Å². The number of aliphatic hydroxyl groups is 1. The third-order valence-corrected chi connectivity index (χ3v) is 4.46. The molecule has 17 heavy (non-hydrogen) atoms. The summed E-state index contributed by atoms with van der Waals surface area (Å²) < 4.78 is 0.